The zero-order valence-corrected chi connectivity index (χ0v) is 20.5. The van der Waals surface area contributed by atoms with Gasteiger partial charge in [-0.05, 0) is 27.7 Å². The Kier molecular flexibility index (Phi) is 12.3. The molecule has 4 nitrogen and oxygen atoms in total. The molecular weight excluding hydrogens is 314 g/mol. The van der Waals surface area contributed by atoms with Gasteiger partial charge in [0.1, 0.15) is 17.6 Å². The first-order valence-corrected chi connectivity index (χ1v) is 7.43. The summed E-state index contributed by atoms with van der Waals surface area (Å²) in [7, 11) is 0. The van der Waals surface area contributed by atoms with E-state index < -0.39 is 23.1 Å². The second-order valence-corrected chi connectivity index (χ2v) is 8.65. The first-order valence-electron chi connectivity index (χ1n) is 7.43. The Morgan fingerprint density at radius 1 is 0.696 bits per heavy atom. The summed E-state index contributed by atoms with van der Waals surface area (Å²) in [5, 5.41) is 0. The van der Waals surface area contributed by atoms with Crippen LogP contribution < -0.4 is 70.2 Å². The van der Waals surface area contributed by atoms with Gasteiger partial charge in [0.2, 0.25) is 0 Å². The van der Waals surface area contributed by atoms with Crippen molar-refractivity contribution in [1.29, 1.82) is 0 Å². The van der Waals surface area contributed by atoms with Crippen molar-refractivity contribution in [3.05, 3.63) is 0 Å². The first-order chi connectivity index (χ1) is 8.99. The fourth-order valence-electron chi connectivity index (χ4n) is 1.07. The van der Waals surface area contributed by atoms with Crippen LogP contribution in [0.1, 0.15) is 78.5 Å². The van der Waals surface area contributed by atoms with E-state index in [2.05, 4.69) is 0 Å². The maximum absolute atomic E-state index is 11.9. The number of rotatable bonds is 4. The minimum Gasteiger partial charge on any atom is -1.00 e. The molecule has 0 aliphatic heterocycles. The summed E-state index contributed by atoms with van der Waals surface area (Å²) in [5.41, 5.74) is -1.72. The van der Waals surface area contributed by atoms with Gasteiger partial charge in [0.15, 0.2) is 0 Å². The monoisotopic (exact) mass is 348 g/mol. The molecule has 23 heavy (non-hydrogen) atoms. The molecule has 0 fully saturated rings. The topological polar surface area (TPSA) is 52.6 Å². The Hall–Kier alpha value is 1.17. The minimum absolute atomic E-state index is 0. The number of hydrogen-bond donors (Lipinski definition) is 0. The van der Waals surface area contributed by atoms with E-state index in [0.29, 0.717) is 0 Å². The SMILES string of the molecule is CC(C)(C)C(C)(C)OC(=O)CC(=O)OC(C)(C)C(C)(C)C.[H-].[H-].[K+].[Li+]. The zero-order valence-electron chi connectivity index (χ0n) is 19.3. The molecule has 0 unspecified atom stereocenters. The second-order valence-electron chi connectivity index (χ2n) is 8.65. The number of hydrogen-bond acceptors (Lipinski definition) is 4. The van der Waals surface area contributed by atoms with Crippen molar-refractivity contribution in [1.82, 2.24) is 0 Å². The molecule has 0 aromatic carbocycles. The molecule has 0 saturated heterocycles. The standard InChI is InChI=1S/C17H32O4.K.Li.2H/c1-14(2,3)16(7,8)20-12(18)11-13(19)21-17(9,10)15(4,5)6;;;;/h11H2,1-10H3;;;;/q;2*+1;2*-1. The molecule has 0 amide bonds. The smallest absolute Gasteiger partial charge is 1.00 e. The van der Waals surface area contributed by atoms with Gasteiger partial charge in [-0.3, -0.25) is 9.59 Å². The Morgan fingerprint density at radius 2 is 0.913 bits per heavy atom. The average Bonchev–Trinajstić information content (AvgIpc) is 2.10. The van der Waals surface area contributed by atoms with Crippen LogP contribution in [0, 0.1) is 10.8 Å². The van der Waals surface area contributed by atoms with Gasteiger partial charge < -0.3 is 12.3 Å². The summed E-state index contributed by atoms with van der Waals surface area (Å²) in [6, 6.07) is 0. The van der Waals surface area contributed by atoms with Gasteiger partial charge in [-0.1, -0.05) is 41.5 Å². The minimum atomic E-state index is -0.649. The molecule has 0 saturated carbocycles. The van der Waals surface area contributed by atoms with Crippen LogP contribution >= 0.6 is 0 Å². The molecule has 0 aliphatic carbocycles. The third-order valence-electron chi connectivity index (χ3n) is 4.64. The molecule has 0 heterocycles. The van der Waals surface area contributed by atoms with E-state index in [4.69, 9.17) is 9.47 Å². The van der Waals surface area contributed by atoms with E-state index in [1.165, 1.54) is 0 Å². The first kappa shape index (κ1) is 29.0. The second kappa shape index (κ2) is 9.76. The predicted octanol–water partition coefficient (Wildman–Crippen LogP) is -1.65. The Balaban J connectivity index is -0.000000333. The van der Waals surface area contributed by atoms with Crippen LogP contribution in [0.4, 0.5) is 0 Å². The van der Waals surface area contributed by atoms with Crippen LogP contribution in [0.25, 0.3) is 0 Å². The molecule has 128 valence electrons. The Labute approximate surface area is 199 Å². The molecule has 0 bridgehead atoms. The molecule has 0 radical (unpaired) electrons. The maximum atomic E-state index is 11.9. The predicted molar refractivity (Wildman–Crippen MR) is 86.1 cm³/mol. The normalized spacial score (nSPS) is 12.6. The summed E-state index contributed by atoms with van der Waals surface area (Å²) < 4.78 is 10.9. The van der Waals surface area contributed by atoms with E-state index >= 15 is 0 Å². The van der Waals surface area contributed by atoms with Crippen LogP contribution in [-0.4, -0.2) is 23.1 Å². The van der Waals surface area contributed by atoms with Gasteiger partial charge in [-0.2, -0.15) is 0 Å². The van der Waals surface area contributed by atoms with Crippen LogP contribution in [-0.2, 0) is 19.1 Å². The molecule has 0 N–H and O–H groups in total. The molecular formula is C17H34KLiO4. The van der Waals surface area contributed by atoms with E-state index in [-0.39, 0.29) is 90.3 Å². The average molecular weight is 348 g/mol. The van der Waals surface area contributed by atoms with Gasteiger partial charge in [0.25, 0.3) is 0 Å². The summed E-state index contributed by atoms with van der Waals surface area (Å²) in [6.07, 6.45) is -0.362. The zero-order chi connectivity index (χ0) is 17.3. The van der Waals surface area contributed by atoms with Crippen molar-refractivity contribution >= 4 is 11.9 Å². The maximum Gasteiger partial charge on any atom is 1.00 e. The third kappa shape index (κ3) is 9.44. The van der Waals surface area contributed by atoms with Crippen LogP contribution in [0.5, 0.6) is 0 Å². The van der Waals surface area contributed by atoms with Gasteiger partial charge >= 0.3 is 82.2 Å². The van der Waals surface area contributed by atoms with Crippen molar-refractivity contribution in [2.45, 2.75) is 86.9 Å². The fraction of sp³-hybridized carbons (Fsp3) is 0.882. The summed E-state index contributed by atoms with van der Waals surface area (Å²) in [5.74, 6) is -1.10. The summed E-state index contributed by atoms with van der Waals surface area (Å²) >= 11 is 0. The van der Waals surface area contributed by atoms with Crippen molar-refractivity contribution in [2.24, 2.45) is 10.8 Å². The third-order valence-corrected chi connectivity index (χ3v) is 4.64. The Morgan fingerprint density at radius 3 is 1.09 bits per heavy atom. The van der Waals surface area contributed by atoms with E-state index in [1.807, 2.05) is 69.2 Å². The van der Waals surface area contributed by atoms with Crippen molar-refractivity contribution < 1.29 is 92.2 Å². The number of carbonyl (C=O) groups is 2. The van der Waals surface area contributed by atoms with Gasteiger partial charge in [-0.15, -0.1) is 0 Å². The molecule has 6 heteroatoms. The van der Waals surface area contributed by atoms with Gasteiger partial charge in [-0.25, -0.2) is 0 Å². The van der Waals surface area contributed by atoms with Crippen molar-refractivity contribution in [2.75, 3.05) is 0 Å². The number of carbonyl (C=O) groups excluding carboxylic acids is 2. The van der Waals surface area contributed by atoms with E-state index in [9.17, 15) is 9.59 Å². The molecule has 0 rings (SSSR count). The molecule has 0 atom stereocenters. The fourth-order valence-corrected chi connectivity index (χ4v) is 1.07. The molecule has 0 spiro atoms. The molecule has 0 aromatic rings. The van der Waals surface area contributed by atoms with Crippen LogP contribution in [0.2, 0.25) is 0 Å². The van der Waals surface area contributed by atoms with E-state index in [0.717, 1.165) is 0 Å². The quantitative estimate of drug-likeness (QED) is 0.347. The Bertz CT molecular complexity index is 376. The molecule has 0 aromatic heterocycles. The van der Waals surface area contributed by atoms with Crippen LogP contribution in [0.15, 0.2) is 0 Å². The largest absolute Gasteiger partial charge is 1.00 e. The summed E-state index contributed by atoms with van der Waals surface area (Å²) in [4.78, 5) is 23.9. The van der Waals surface area contributed by atoms with Crippen LogP contribution in [0.3, 0.4) is 0 Å². The van der Waals surface area contributed by atoms with E-state index in [1.54, 1.807) is 0 Å². The van der Waals surface area contributed by atoms with Crippen molar-refractivity contribution in [3.8, 4) is 0 Å². The number of esters is 2. The molecule has 0 aliphatic rings. The van der Waals surface area contributed by atoms with Gasteiger partial charge in [0.05, 0.1) is 0 Å². The summed E-state index contributed by atoms with van der Waals surface area (Å²) in [6.45, 7) is 19.3. The number of ether oxygens (including phenoxy) is 2. The van der Waals surface area contributed by atoms with Gasteiger partial charge in [0, 0.05) is 10.8 Å². The van der Waals surface area contributed by atoms with Crippen molar-refractivity contribution in [3.63, 3.8) is 0 Å².